The molecule has 0 aliphatic heterocycles. The average Bonchev–Trinajstić information content (AvgIpc) is 2.42. The lowest BCUT2D eigenvalue weighted by atomic mass is 9.95. The van der Waals surface area contributed by atoms with Gasteiger partial charge in [0.1, 0.15) is 11.5 Å². The zero-order valence-electron chi connectivity index (χ0n) is 11.9. The van der Waals surface area contributed by atoms with Gasteiger partial charge in [-0.1, -0.05) is 26.8 Å². The van der Waals surface area contributed by atoms with Gasteiger partial charge in [0.05, 0.1) is 0 Å². The molecule has 0 saturated heterocycles. The van der Waals surface area contributed by atoms with Crippen LogP contribution in [0.1, 0.15) is 37.8 Å². The lowest BCUT2D eigenvalue weighted by molar-refractivity contribution is 0.461. The van der Waals surface area contributed by atoms with E-state index >= 15 is 0 Å². The van der Waals surface area contributed by atoms with Crippen LogP contribution in [-0.2, 0) is 6.42 Å². The average molecular weight is 276 g/mol. The molecule has 1 nitrogen and oxygen atoms in total. The molecule has 0 fully saturated rings. The predicted molar refractivity (Wildman–Crippen MR) is 76.3 cm³/mol. The fourth-order valence-electron chi connectivity index (χ4n) is 2.19. The summed E-state index contributed by atoms with van der Waals surface area (Å²) in [5.41, 5.74) is 2.49. The van der Waals surface area contributed by atoms with Gasteiger partial charge in [-0.05, 0) is 47.7 Å². The molecule has 0 aromatic heterocycles. The molecule has 0 spiro atoms. The molecule has 0 unspecified atom stereocenters. The Hall–Kier alpha value is -1.90. The number of hydrogen-bond donors (Lipinski definition) is 0. The second kappa shape index (κ2) is 6.04. The van der Waals surface area contributed by atoms with Crippen molar-refractivity contribution in [3.63, 3.8) is 0 Å². The maximum Gasteiger partial charge on any atom is 0.162 e. The third-order valence-corrected chi connectivity index (χ3v) is 3.24. The number of aryl methyl sites for hydroxylation is 1. The highest BCUT2D eigenvalue weighted by Crippen LogP contribution is 2.28. The minimum Gasteiger partial charge on any atom is -0.457 e. The van der Waals surface area contributed by atoms with Crippen molar-refractivity contribution in [2.24, 2.45) is 0 Å². The fraction of sp³-hybridized carbons (Fsp3) is 0.294. The molecule has 3 heteroatoms. The quantitative estimate of drug-likeness (QED) is 0.722. The van der Waals surface area contributed by atoms with Crippen LogP contribution in [0.3, 0.4) is 0 Å². The summed E-state index contributed by atoms with van der Waals surface area (Å²) in [7, 11) is 0. The van der Waals surface area contributed by atoms with Gasteiger partial charge >= 0.3 is 0 Å². The molecule has 20 heavy (non-hydrogen) atoms. The lowest BCUT2D eigenvalue weighted by Crippen LogP contribution is -1.96. The summed E-state index contributed by atoms with van der Waals surface area (Å²) < 4.78 is 31.6. The van der Waals surface area contributed by atoms with Crippen LogP contribution in [0.15, 0.2) is 36.4 Å². The molecule has 2 aromatic carbocycles. The van der Waals surface area contributed by atoms with Gasteiger partial charge in [0.25, 0.3) is 0 Å². The summed E-state index contributed by atoms with van der Waals surface area (Å²) in [6.07, 6.45) is 0.905. The Morgan fingerprint density at radius 2 is 1.60 bits per heavy atom. The van der Waals surface area contributed by atoms with Gasteiger partial charge in [0.2, 0.25) is 0 Å². The van der Waals surface area contributed by atoms with Crippen molar-refractivity contribution in [2.75, 3.05) is 0 Å². The maximum absolute atomic E-state index is 13.1. The minimum atomic E-state index is -0.906. The summed E-state index contributed by atoms with van der Waals surface area (Å²) in [6.45, 7) is 6.37. The molecule has 0 amide bonds. The fourth-order valence-corrected chi connectivity index (χ4v) is 2.19. The Labute approximate surface area is 118 Å². The zero-order chi connectivity index (χ0) is 14.7. The molecule has 106 valence electrons. The summed E-state index contributed by atoms with van der Waals surface area (Å²) in [5.74, 6) is -0.401. The zero-order valence-corrected chi connectivity index (χ0v) is 11.9. The SMILES string of the molecule is CCc1cc(Oc2ccc(F)c(F)c2)ccc1C(C)C. The molecule has 0 heterocycles. The second-order valence-corrected chi connectivity index (χ2v) is 5.05. The maximum atomic E-state index is 13.1. The number of benzene rings is 2. The van der Waals surface area contributed by atoms with Crippen molar-refractivity contribution < 1.29 is 13.5 Å². The monoisotopic (exact) mass is 276 g/mol. The van der Waals surface area contributed by atoms with E-state index in [0.29, 0.717) is 17.4 Å². The molecule has 2 rings (SSSR count). The number of rotatable bonds is 4. The van der Waals surface area contributed by atoms with Crippen LogP contribution in [0.4, 0.5) is 8.78 Å². The lowest BCUT2D eigenvalue weighted by Gasteiger charge is -2.14. The van der Waals surface area contributed by atoms with E-state index in [1.807, 2.05) is 18.2 Å². The van der Waals surface area contributed by atoms with E-state index in [9.17, 15) is 8.78 Å². The van der Waals surface area contributed by atoms with Gasteiger partial charge in [-0.2, -0.15) is 0 Å². The molecule has 0 bridgehead atoms. The summed E-state index contributed by atoms with van der Waals surface area (Å²) in [5, 5.41) is 0. The van der Waals surface area contributed by atoms with Crippen LogP contribution in [0, 0.1) is 11.6 Å². The third kappa shape index (κ3) is 3.16. The Kier molecular flexibility index (Phi) is 4.38. The first-order valence-electron chi connectivity index (χ1n) is 6.77. The molecular formula is C17H18F2O. The first-order chi connectivity index (χ1) is 9.51. The Morgan fingerprint density at radius 1 is 0.950 bits per heavy atom. The highest BCUT2D eigenvalue weighted by molar-refractivity contribution is 5.40. The van der Waals surface area contributed by atoms with Crippen LogP contribution < -0.4 is 4.74 Å². The molecular weight excluding hydrogens is 258 g/mol. The van der Waals surface area contributed by atoms with Crippen molar-refractivity contribution in [1.82, 2.24) is 0 Å². The van der Waals surface area contributed by atoms with Crippen molar-refractivity contribution in [3.05, 3.63) is 59.2 Å². The van der Waals surface area contributed by atoms with E-state index in [-0.39, 0.29) is 0 Å². The molecule has 0 N–H and O–H groups in total. The van der Waals surface area contributed by atoms with Crippen LogP contribution in [-0.4, -0.2) is 0 Å². The Morgan fingerprint density at radius 3 is 2.20 bits per heavy atom. The third-order valence-electron chi connectivity index (χ3n) is 3.24. The smallest absolute Gasteiger partial charge is 0.162 e. The molecule has 0 saturated carbocycles. The minimum absolute atomic E-state index is 0.295. The van der Waals surface area contributed by atoms with E-state index in [0.717, 1.165) is 18.6 Å². The van der Waals surface area contributed by atoms with Crippen molar-refractivity contribution in [3.8, 4) is 11.5 Å². The number of hydrogen-bond acceptors (Lipinski definition) is 1. The Balaban J connectivity index is 2.27. The normalized spacial score (nSPS) is 10.9. The van der Waals surface area contributed by atoms with Gasteiger partial charge < -0.3 is 4.74 Å². The van der Waals surface area contributed by atoms with Crippen molar-refractivity contribution in [2.45, 2.75) is 33.1 Å². The van der Waals surface area contributed by atoms with Gasteiger partial charge in [-0.15, -0.1) is 0 Å². The van der Waals surface area contributed by atoms with E-state index in [1.54, 1.807) is 0 Å². The van der Waals surface area contributed by atoms with Gasteiger partial charge in [0.15, 0.2) is 11.6 Å². The highest BCUT2D eigenvalue weighted by atomic mass is 19.2. The standard InChI is InChI=1S/C17H18F2O/c1-4-12-9-13(5-7-15(12)11(2)3)20-14-6-8-16(18)17(19)10-14/h5-11H,4H2,1-3H3. The highest BCUT2D eigenvalue weighted by Gasteiger charge is 2.08. The summed E-state index contributed by atoms with van der Waals surface area (Å²) in [4.78, 5) is 0. The van der Waals surface area contributed by atoms with Crippen LogP contribution in [0.25, 0.3) is 0 Å². The van der Waals surface area contributed by atoms with Crippen molar-refractivity contribution in [1.29, 1.82) is 0 Å². The van der Waals surface area contributed by atoms with Crippen LogP contribution >= 0.6 is 0 Å². The summed E-state index contributed by atoms with van der Waals surface area (Å²) >= 11 is 0. The van der Waals surface area contributed by atoms with E-state index in [1.165, 1.54) is 17.2 Å². The first kappa shape index (κ1) is 14.5. The topological polar surface area (TPSA) is 9.23 Å². The van der Waals surface area contributed by atoms with E-state index in [4.69, 9.17) is 4.74 Å². The molecule has 0 atom stereocenters. The van der Waals surface area contributed by atoms with Crippen molar-refractivity contribution >= 4 is 0 Å². The molecule has 2 aromatic rings. The second-order valence-electron chi connectivity index (χ2n) is 5.05. The van der Waals surface area contributed by atoms with Gasteiger partial charge in [-0.3, -0.25) is 0 Å². The molecule has 0 radical (unpaired) electrons. The number of ether oxygens (including phenoxy) is 1. The summed E-state index contributed by atoms with van der Waals surface area (Å²) in [6, 6.07) is 9.37. The molecule has 0 aliphatic carbocycles. The van der Waals surface area contributed by atoms with E-state index in [2.05, 4.69) is 20.8 Å². The first-order valence-corrected chi connectivity index (χ1v) is 6.77. The van der Waals surface area contributed by atoms with Gasteiger partial charge in [-0.25, -0.2) is 8.78 Å². The van der Waals surface area contributed by atoms with E-state index < -0.39 is 11.6 Å². The predicted octanol–water partition coefficient (Wildman–Crippen LogP) is 5.44. The Bertz CT molecular complexity index is 606. The van der Waals surface area contributed by atoms with Crippen LogP contribution in [0.5, 0.6) is 11.5 Å². The largest absolute Gasteiger partial charge is 0.457 e. The molecule has 0 aliphatic rings. The van der Waals surface area contributed by atoms with Crippen LogP contribution in [0.2, 0.25) is 0 Å². The van der Waals surface area contributed by atoms with Gasteiger partial charge in [0, 0.05) is 6.07 Å². The number of halogens is 2.